The molecule has 1 aromatic rings. The Morgan fingerprint density at radius 3 is 2.88 bits per heavy atom. The van der Waals surface area contributed by atoms with Crippen LogP contribution in [0, 0.1) is 0 Å². The van der Waals surface area contributed by atoms with Gasteiger partial charge in [-0.1, -0.05) is 6.08 Å². The van der Waals surface area contributed by atoms with Gasteiger partial charge in [0.15, 0.2) is 10.7 Å². The highest BCUT2D eigenvalue weighted by atomic mass is 32.1. The number of aromatic nitrogens is 1. The average Bonchev–Trinajstić information content (AvgIpc) is 2.77. The first-order valence-electron chi connectivity index (χ1n) is 5.11. The zero-order chi connectivity index (χ0) is 12.8. The third kappa shape index (κ3) is 3.67. The molecule has 0 atom stereocenters. The van der Waals surface area contributed by atoms with Crippen molar-refractivity contribution in [1.82, 2.24) is 9.88 Å². The molecule has 0 saturated heterocycles. The number of rotatable bonds is 6. The van der Waals surface area contributed by atoms with Crippen molar-refractivity contribution in [2.45, 2.75) is 12.8 Å². The summed E-state index contributed by atoms with van der Waals surface area (Å²) in [5.74, 6) is -1.36. The molecule has 6 heteroatoms. The third-order valence-electron chi connectivity index (χ3n) is 2.15. The van der Waals surface area contributed by atoms with Crippen molar-refractivity contribution in [2.75, 3.05) is 13.6 Å². The number of hydrogen-bond donors (Lipinski definition) is 1. The molecule has 0 aromatic carbocycles. The molecule has 0 aliphatic heterocycles. The van der Waals surface area contributed by atoms with E-state index in [9.17, 15) is 9.59 Å². The van der Waals surface area contributed by atoms with E-state index in [0.717, 1.165) is 24.2 Å². The number of hydrogen-bond acceptors (Lipinski definition) is 4. The van der Waals surface area contributed by atoms with Crippen LogP contribution in [0.4, 0.5) is 0 Å². The number of carboxylic acids is 1. The molecule has 0 fully saturated rings. The van der Waals surface area contributed by atoms with Gasteiger partial charge >= 0.3 is 5.97 Å². The maximum atomic E-state index is 11.8. The van der Waals surface area contributed by atoms with Crippen LogP contribution in [-0.4, -0.2) is 40.5 Å². The van der Waals surface area contributed by atoms with E-state index in [2.05, 4.69) is 11.6 Å². The second kappa shape index (κ2) is 6.15. The lowest BCUT2D eigenvalue weighted by molar-refractivity contribution is 0.0691. The van der Waals surface area contributed by atoms with Crippen molar-refractivity contribution < 1.29 is 14.7 Å². The van der Waals surface area contributed by atoms with Crippen LogP contribution in [0.1, 0.15) is 33.1 Å². The summed E-state index contributed by atoms with van der Waals surface area (Å²) in [5.41, 5.74) is -0.0853. The molecule has 0 spiro atoms. The number of thiazole rings is 1. The summed E-state index contributed by atoms with van der Waals surface area (Å²) in [4.78, 5) is 27.8. The maximum absolute atomic E-state index is 11.8. The van der Waals surface area contributed by atoms with Crippen LogP contribution in [0.2, 0.25) is 0 Å². The van der Waals surface area contributed by atoms with Crippen molar-refractivity contribution >= 4 is 23.2 Å². The lowest BCUT2D eigenvalue weighted by Crippen LogP contribution is -2.27. The highest BCUT2D eigenvalue weighted by Crippen LogP contribution is 2.12. The van der Waals surface area contributed by atoms with Gasteiger partial charge in [-0.05, 0) is 12.8 Å². The Morgan fingerprint density at radius 1 is 1.65 bits per heavy atom. The smallest absolute Gasteiger partial charge is 0.355 e. The fourth-order valence-corrected chi connectivity index (χ4v) is 1.99. The number of allylic oxidation sites excluding steroid dienone is 1. The fourth-order valence-electron chi connectivity index (χ4n) is 1.21. The number of carbonyl (C=O) groups is 2. The summed E-state index contributed by atoms with van der Waals surface area (Å²) < 4.78 is 0. The number of carbonyl (C=O) groups excluding carboxylic acids is 1. The van der Waals surface area contributed by atoms with Crippen LogP contribution in [0.5, 0.6) is 0 Å². The summed E-state index contributed by atoms with van der Waals surface area (Å²) in [6.07, 6.45) is 3.48. The Bertz CT molecular complexity index is 428. The molecule has 0 bridgehead atoms. The molecule has 0 aliphatic rings. The summed E-state index contributed by atoms with van der Waals surface area (Å²) in [6, 6.07) is 0. The number of amides is 1. The van der Waals surface area contributed by atoms with Crippen LogP contribution in [0.25, 0.3) is 0 Å². The van der Waals surface area contributed by atoms with Gasteiger partial charge < -0.3 is 10.0 Å². The first kappa shape index (κ1) is 13.4. The van der Waals surface area contributed by atoms with Gasteiger partial charge in [0.2, 0.25) is 0 Å². The zero-order valence-electron chi connectivity index (χ0n) is 9.55. The number of aromatic carboxylic acids is 1. The number of nitrogens with zero attached hydrogens (tertiary/aromatic N) is 2. The molecule has 1 rings (SSSR count). The number of carboxylic acid groups (broad SMARTS) is 1. The van der Waals surface area contributed by atoms with E-state index in [1.807, 2.05) is 0 Å². The Kier molecular flexibility index (Phi) is 4.84. The summed E-state index contributed by atoms with van der Waals surface area (Å²) in [5, 5.41) is 10.3. The predicted octanol–water partition coefficient (Wildman–Crippen LogP) is 1.88. The van der Waals surface area contributed by atoms with Gasteiger partial charge in [0, 0.05) is 19.0 Å². The summed E-state index contributed by atoms with van der Waals surface area (Å²) >= 11 is 1.05. The third-order valence-corrected chi connectivity index (χ3v) is 2.99. The molecule has 17 heavy (non-hydrogen) atoms. The van der Waals surface area contributed by atoms with Crippen LogP contribution >= 0.6 is 11.3 Å². The van der Waals surface area contributed by atoms with Crippen molar-refractivity contribution in [1.29, 1.82) is 0 Å². The second-order valence-corrected chi connectivity index (χ2v) is 4.36. The Labute approximate surface area is 103 Å². The van der Waals surface area contributed by atoms with Gasteiger partial charge in [-0.15, -0.1) is 17.9 Å². The molecule has 0 radical (unpaired) electrons. The highest BCUT2D eigenvalue weighted by molar-refractivity contribution is 7.11. The quantitative estimate of drug-likeness (QED) is 0.621. The normalized spacial score (nSPS) is 9.94. The monoisotopic (exact) mass is 254 g/mol. The van der Waals surface area contributed by atoms with E-state index in [0.29, 0.717) is 6.54 Å². The molecule has 92 valence electrons. The van der Waals surface area contributed by atoms with Crippen molar-refractivity contribution in [2.24, 2.45) is 0 Å². The van der Waals surface area contributed by atoms with Crippen LogP contribution < -0.4 is 0 Å². The number of unbranched alkanes of at least 4 members (excludes halogenated alkanes) is 1. The van der Waals surface area contributed by atoms with Gasteiger partial charge in [-0.3, -0.25) is 4.79 Å². The lowest BCUT2D eigenvalue weighted by atomic mass is 10.3. The van der Waals surface area contributed by atoms with Crippen molar-refractivity contribution in [3.8, 4) is 0 Å². The molecule has 0 aliphatic carbocycles. The summed E-state index contributed by atoms with van der Waals surface area (Å²) in [7, 11) is 1.67. The Hall–Kier alpha value is -1.69. The molecule has 1 heterocycles. The van der Waals surface area contributed by atoms with E-state index < -0.39 is 5.97 Å². The van der Waals surface area contributed by atoms with Crippen LogP contribution in [-0.2, 0) is 0 Å². The molecular weight excluding hydrogens is 240 g/mol. The first-order valence-corrected chi connectivity index (χ1v) is 5.99. The topological polar surface area (TPSA) is 70.5 Å². The van der Waals surface area contributed by atoms with E-state index in [1.165, 1.54) is 10.3 Å². The molecule has 5 nitrogen and oxygen atoms in total. The summed E-state index contributed by atoms with van der Waals surface area (Å²) in [6.45, 7) is 4.21. The fraction of sp³-hybridized carbons (Fsp3) is 0.364. The largest absolute Gasteiger partial charge is 0.476 e. The standard InChI is InChI=1S/C11H14N2O3S/c1-3-4-5-6-13(2)10(14)9-12-8(7-17-9)11(15)16/h3,7H,1,4-6H2,2H3,(H,15,16). The van der Waals surface area contributed by atoms with E-state index in [-0.39, 0.29) is 16.6 Å². The molecule has 1 amide bonds. The minimum absolute atomic E-state index is 0.0853. The van der Waals surface area contributed by atoms with E-state index in [4.69, 9.17) is 5.11 Å². The van der Waals surface area contributed by atoms with Crippen LogP contribution in [0.15, 0.2) is 18.0 Å². The molecule has 0 unspecified atom stereocenters. The SMILES string of the molecule is C=CCCCN(C)C(=O)c1nc(C(=O)O)cs1. The highest BCUT2D eigenvalue weighted by Gasteiger charge is 2.17. The van der Waals surface area contributed by atoms with Gasteiger partial charge in [-0.2, -0.15) is 0 Å². The van der Waals surface area contributed by atoms with Gasteiger partial charge in [0.05, 0.1) is 0 Å². The molecule has 0 saturated carbocycles. The Morgan fingerprint density at radius 2 is 2.35 bits per heavy atom. The van der Waals surface area contributed by atoms with E-state index in [1.54, 1.807) is 13.1 Å². The lowest BCUT2D eigenvalue weighted by Gasteiger charge is -2.14. The van der Waals surface area contributed by atoms with Crippen molar-refractivity contribution in [3.63, 3.8) is 0 Å². The maximum Gasteiger partial charge on any atom is 0.355 e. The van der Waals surface area contributed by atoms with Crippen LogP contribution in [0.3, 0.4) is 0 Å². The van der Waals surface area contributed by atoms with Gasteiger partial charge in [0.1, 0.15) is 0 Å². The Balaban J connectivity index is 2.61. The average molecular weight is 254 g/mol. The molecular formula is C11H14N2O3S. The second-order valence-electron chi connectivity index (χ2n) is 3.50. The predicted molar refractivity (Wildman–Crippen MR) is 65.5 cm³/mol. The minimum Gasteiger partial charge on any atom is -0.476 e. The minimum atomic E-state index is -1.12. The molecule has 1 aromatic heterocycles. The van der Waals surface area contributed by atoms with Gasteiger partial charge in [-0.25, -0.2) is 9.78 Å². The molecule has 1 N–H and O–H groups in total. The van der Waals surface area contributed by atoms with Gasteiger partial charge in [0.25, 0.3) is 5.91 Å². The van der Waals surface area contributed by atoms with Crippen molar-refractivity contribution in [3.05, 3.63) is 28.7 Å². The first-order chi connectivity index (χ1) is 8.06. The van der Waals surface area contributed by atoms with E-state index >= 15 is 0 Å². The zero-order valence-corrected chi connectivity index (χ0v) is 10.4.